The summed E-state index contributed by atoms with van der Waals surface area (Å²) in [5.74, 6) is -0.120. The third-order valence-electron chi connectivity index (χ3n) is 6.43. The predicted octanol–water partition coefficient (Wildman–Crippen LogP) is 4.65. The highest BCUT2D eigenvalue weighted by atomic mass is 16.2. The summed E-state index contributed by atoms with van der Waals surface area (Å²) < 4.78 is 0. The van der Waals surface area contributed by atoms with Gasteiger partial charge in [0.15, 0.2) is 0 Å². The zero-order valence-electron chi connectivity index (χ0n) is 16.9. The number of hydrogen-bond acceptors (Lipinski definition) is 2. The molecule has 1 N–H and O–H groups in total. The second-order valence-corrected chi connectivity index (χ2v) is 8.20. The average molecular weight is 407 g/mol. The molecule has 5 nitrogen and oxygen atoms in total. The van der Waals surface area contributed by atoms with Crippen molar-refractivity contribution < 1.29 is 9.59 Å². The molecule has 0 bridgehead atoms. The van der Waals surface area contributed by atoms with Crippen molar-refractivity contribution in [2.24, 2.45) is 0 Å². The van der Waals surface area contributed by atoms with Crippen LogP contribution in [0.25, 0.3) is 10.9 Å². The summed E-state index contributed by atoms with van der Waals surface area (Å²) in [6.45, 7) is 0.293. The summed E-state index contributed by atoms with van der Waals surface area (Å²) in [4.78, 5) is 33.8. The standard InChI is InChI=1S/C26H21N3O2/c30-25-22-15-20-19-13-7-8-14-21(19)27-23(20)24(18-11-5-2-6-12-18)29(22)26(31)28(25)16-17-9-3-1-4-10-17/h1-14,22,24,27H,15-16H2. The van der Waals surface area contributed by atoms with E-state index in [0.29, 0.717) is 13.0 Å². The molecule has 0 saturated carbocycles. The lowest BCUT2D eigenvalue weighted by atomic mass is 9.89. The molecular formula is C26H21N3O2. The van der Waals surface area contributed by atoms with Crippen LogP contribution in [0.15, 0.2) is 84.9 Å². The molecule has 1 saturated heterocycles. The number of benzene rings is 3. The number of aromatic amines is 1. The SMILES string of the molecule is O=C1C2Cc3c([nH]c4ccccc34)C(c3ccccc3)N2C(=O)N1Cc1ccccc1. The predicted molar refractivity (Wildman–Crippen MR) is 118 cm³/mol. The number of nitrogens with zero attached hydrogens (tertiary/aromatic N) is 2. The maximum atomic E-state index is 13.6. The molecule has 3 heterocycles. The molecule has 2 unspecified atom stereocenters. The molecule has 3 amide bonds. The van der Waals surface area contributed by atoms with Gasteiger partial charge in [0, 0.05) is 23.0 Å². The van der Waals surface area contributed by atoms with Gasteiger partial charge in [-0.2, -0.15) is 0 Å². The fourth-order valence-electron chi connectivity index (χ4n) is 5.02. The maximum Gasteiger partial charge on any atom is 0.328 e. The molecule has 2 atom stereocenters. The molecule has 0 spiro atoms. The van der Waals surface area contributed by atoms with Crippen molar-refractivity contribution in [1.29, 1.82) is 0 Å². The van der Waals surface area contributed by atoms with Crippen LogP contribution in [0.2, 0.25) is 0 Å². The third kappa shape index (κ3) is 2.70. The van der Waals surface area contributed by atoms with Crippen LogP contribution in [0.4, 0.5) is 4.79 Å². The zero-order chi connectivity index (χ0) is 20.9. The highest BCUT2D eigenvalue weighted by molar-refractivity contribution is 6.05. The van der Waals surface area contributed by atoms with Crippen LogP contribution in [0.1, 0.15) is 28.4 Å². The van der Waals surface area contributed by atoms with Gasteiger partial charge in [0.05, 0.1) is 6.54 Å². The number of amides is 3. The molecule has 1 fully saturated rings. The van der Waals surface area contributed by atoms with Crippen molar-refractivity contribution in [3.05, 3.63) is 107 Å². The Morgan fingerprint density at radius 2 is 1.52 bits per heavy atom. The van der Waals surface area contributed by atoms with Crippen LogP contribution in [-0.2, 0) is 17.8 Å². The number of rotatable bonds is 3. The summed E-state index contributed by atoms with van der Waals surface area (Å²) in [6.07, 6.45) is 0.526. The van der Waals surface area contributed by atoms with E-state index in [2.05, 4.69) is 11.1 Å². The van der Waals surface area contributed by atoms with Crippen molar-refractivity contribution in [3.8, 4) is 0 Å². The maximum absolute atomic E-state index is 13.6. The van der Waals surface area contributed by atoms with Gasteiger partial charge < -0.3 is 4.98 Å². The number of carbonyl (C=O) groups is 2. The lowest BCUT2D eigenvalue weighted by Crippen LogP contribution is -2.44. The monoisotopic (exact) mass is 407 g/mol. The highest BCUT2D eigenvalue weighted by Crippen LogP contribution is 2.44. The van der Waals surface area contributed by atoms with Crippen LogP contribution in [0, 0.1) is 0 Å². The molecule has 6 rings (SSSR count). The second-order valence-electron chi connectivity index (χ2n) is 8.20. The van der Waals surface area contributed by atoms with Crippen molar-refractivity contribution in [3.63, 3.8) is 0 Å². The average Bonchev–Trinajstić information content (AvgIpc) is 3.30. The van der Waals surface area contributed by atoms with E-state index in [0.717, 1.165) is 33.3 Å². The van der Waals surface area contributed by atoms with Crippen LogP contribution < -0.4 is 0 Å². The number of urea groups is 1. The molecule has 3 aromatic carbocycles. The lowest BCUT2D eigenvalue weighted by molar-refractivity contribution is -0.129. The molecule has 0 radical (unpaired) electrons. The summed E-state index contributed by atoms with van der Waals surface area (Å²) in [7, 11) is 0. The largest absolute Gasteiger partial charge is 0.356 e. The molecule has 0 aliphatic carbocycles. The number of carbonyl (C=O) groups excluding carboxylic acids is 2. The molecule has 2 aliphatic rings. The number of fused-ring (bicyclic) bond motifs is 4. The van der Waals surface area contributed by atoms with Crippen molar-refractivity contribution in [2.75, 3.05) is 0 Å². The number of H-pyrrole nitrogens is 1. The normalized spacial score (nSPS) is 20.3. The van der Waals surface area contributed by atoms with Gasteiger partial charge in [0.1, 0.15) is 12.1 Å². The van der Waals surface area contributed by atoms with Crippen molar-refractivity contribution in [2.45, 2.75) is 25.0 Å². The summed E-state index contributed by atoms with van der Waals surface area (Å²) in [5.41, 5.74) is 5.13. The van der Waals surface area contributed by atoms with E-state index in [4.69, 9.17) is 0 Å². The van der Waals surface area contributed by atoms with E-state index < -0.39 is 6.04 Å². The Morgan fingerprint density at radius 1 is 0.839 bits per heavy atom. The molecule has 2 aliphatic heterocycles. The zero-order valence-corrected chi connectivity index (χ0v) is 16.9. The fourth-order valence-corrected chi connectivity index (χ4v) is 5.02. The minimum Gasteiger partial charge on any atom is -0.356 e. The van der Waals surface area contributed by atoms with Crippen LogP contribution >= 0.6 is 0 Å². The van der Waals surface area contributed by atoms with E-state index in [1.807, 2.05) is 78.9 Å². The molecular weight excluding hydrogens is 386 g/mol. The molecule has 4 aromatic rings. The van der Waals surface area contributed by atoms with Crippen molar-refractivity contribution >= 4 is 22.8 Å². The van der Waals surface area contributed by atoms with Crippen LogP contribution in [0.5, 0.6) is 0 Å². The number of hydrogen-bond donors (Lipinski definition) is 1. The quantitative estimate of drug-likeness (QED) is 0.503. The third-order valence-corrected chi connectivity index (χ3v) is 6.43. The van der Waals surface area contributed by atoms with Gasteiger partial charge in [0.2, 0.25) is 0 Å². The number of para-hydroxylation sites is 1. The van der Waals surface area contributed by atoms with E-state index in [9.17, 15) is 9.59 Å². The van der Waals surface area contributed by atoms with Gasteiger partial charge in [-0.25, -0.2) is 4.79 Å². The Labute approximate surface area is 179 Å². The Hall–Kier alpha value is -3.86. The molecule has 152 valence electrons. The van der Waals surface area contributed by atoms with E-state index >= 15 is 0 Å². The highest BCUT2D eigenvalue weighted by Gasteiger charge is 2.52. The number of imide groups is 1. The molecule has 5 heteroatoms. The number of nitrogens with one attached hydrogen (secondary N) is 1. The van der Waals surface area contributed by atoms with Gasteiger partial charge in [0.25, 0.3) is 5.91 Å². The Morgan fingerprint density at radius 3 is 2.29 bits per heavy atom. The first-order valence-electron chi connectivity index (χ1n) is 10.5. The van der Waals surface area contributed by atoms with Gasteiger partial charge >= 0.3 is 6.03 Å². The number of aromatic nitrogens is 1. The first-order valence-corrected chi connectivity index (χ1v) is 10.5. The van der Waals surface area contributed by atoms with E-state index in [1.165, 1.54) is 4.90 Å². The van der Waals surface area contributed by atoms with Crippen LogP contribution in [0.3, 0.4) is 0 Å². The van der Waals surface area contributed by atoms with E-state index in [-0.39, 0.29) is 18.0 Å². The minimum atomic E-state index is -0.492. The minimum absolute atomic E-state index is 0.120. The Balaban J connectivity index is 1.49. The van der Waals surface area contributed by atoms with Crippen LogP contribution in [-0.4, -0.2) is 32.8 Å². The Bertz CT molecular complexity index is 1300. The van der Waals surface area contributed by atoms with E-state index in [1.54, 1.807) is 4.90 Å². The fraction of sp³-hybridized carbons (Fsp3) is 0.154. The first-order chi connectivity index (χ1) is 15.2. The van der Waals surface area contributed by atoms with Gasteiger partial charge in [-0.15, -0.1) is 0 Å². The first kappa shape index (κ1) is 18.0. The second kappa shape index (κ2) is 6.84. The van der Waals surface area contributed by atoms with Gasteiger partial charge in [-0.05, 0) is 22.8 Å². The molecule has 31 heavy (non-hydrogen) atoms. The topological polar surface area (TPSA) is 56.4 Å². The molecule has 1 aromatic heterocycles. The summed E-state index contributed by atoms with van der Waals surface area (Å²) >= 11 is 0. The summed E-state index contributed by atoms with van der Waals surface area (Å²) in [6, 6.07) is 26.8. The van der Waals surface area contributed by atoms with Gasteiger partial charge in [-0.1, -0.05) is 78.9 Å². The van der Waals surface area contributed by atoms with Gasteiger partial charge in [-0.3, -0.25) is 14.6 Å². The lowest BCUT2D eigenvalue weighted by Gasteiger charge is -2.36. The summed E-state index contributed by atoms with van der Waals surface area (Å²) in [5, 5.41) is 1.12. The smallest absolute Gasteiger partial charge is 0.328 e. The Kier molecular flexibility index (Phi) is 3.96. The van der Waals surface area contributed by atoms with Crippen molar-refractivity contribution in [1.82, 2.24) is 14.8 Å².